The van der Waals surface area contributed by atoms with Crippen molar-refractivity contribution < 1.29 is 13.9 Å². The van der Waals surface area contributed by atoms with Gasteiger partial charge in [-0.1, -0.05) is 34.6 Å². The standard InChI is InChI=1S/C26H33F2N7OS.C2H6/c1-4-37-14-17-12-35(13-17)24-20-11-30-23(9-18(20)19(10-31-24)16(2)3)32-22-5-7-29-25(33-22)34-8-6-21(36)26(27,28)15-34;1-2/h5,7,9-11,16-17,21,36H,4,6,8,12-15H2,1-3H3,(H,29,30,32,33);1-2H3. The molecule has 0 spiro atoms. The zero-order valence-electron chi connectivity index (χ0n) is 23.4. The maximum absolute atomic E-state index is 14.0. The lowest BCUT2D eigenvalue weighted by Crippen LogP contribution is -2.52. The second-order valence-electron chi connectivity index (χ2n) is 10.1. The van der Waals surface area contributed by atoms with E-state index >= 15 is 0 Å². The Bertz CT molecular complexity index is 1260. The van der Waals surface area contributed by atoms with Crippen LogP contribution in [0.3, 0.4) is 0 Å². The van der Waals surface area contributed by atoms with Gasteiger partial charge in [0.1, 0.15) is 23.6 Å². The summed E-state index contributed by atoms with van der Waals surface area (Å²) in [5.41, 5.74) is 1.14. The van der Waals surface area contributed by atoms with Gasteiger partial charge in [0, 0.05) is 49.5 Å². The number of nitrogens with one attached hydrogen (secondary N) is 1. The molecule has 8 nitrogen and oxygen atoms in total. The number of nitrogens with zero attached hydrogens (tertiary/aromatic N) is 6. The van der Waals surface area contributed by atoms with E-state index in [0.717, 1.165) is 41.0 Å². The topological polar surface area (TPSA) is 90.3 Å². The first-order valence-corrected chi connectivity index (χ1v) is 14.9. The van der Waals surface area contributed by atoms with Gasteiger partial charge in [-0.25, -0.2) is 23.7 Å². The Kier molecular flexibility index (Phi) is 9.43. The summed E-state index contributed by atoms with van der Waals surface area (Å²) >= 11 is 1.98. The number of halogens is 2. The summed E-state index contributed by atoms with van der Waals surface area (Å²) in [6, 6.07) is 3.69. The van der Waals surface area contributed by atoms with Crippen LogP contribution in [0.15, 0.2) is 30.7 Å². The van der Waals surface area contributed by atoms with Gasteiger partial charge in [-0.05, 0) is 46.9 Å². The minimum Gasteiger partial charge on any atom is -0.387 e. The average molecular weight is 560 g/mol. The molecule has 2 fully saturated rings. The number of hydrogen-bond donors (Lipinski definition) is 2. The summed E-state index contributed by atoms with van der Waals surface area (Å²) in [7, 11) is 0. The maximum Gasteiger partial charge on any atom is 0.290 e. The Morgan fingerprint density at radius 2 is 1.87 bits per heavy atom. The first-order valence-electron chi connectivity index (χ1n) is 13.8. The van der Waals surface area contributed by atoms with Crippen LogP contribution in [0, 0.1) is 5.92 Å². The fraction of sp³-hybridized carbons (Fsp3) is 0.571. The van der Waals surface area contributed by atoms with Crippen molar-refractivity contribution in [2.75, 3.05) is 52.8 Å². The molecule has 39 heavy (non-hydrogen) atoms. The quantitative estimate of drug-likeness (QED) is 0.360. The van der Waals surface area contributed by atoms with Gasteiger partial charge in [0.25, 0.3) is 5.92 Å². The number of aromatic nitrogens is 4. The van der Waals surface area contributed by atoms with Crippen LogP contribution in [0.25, 0.3) is 10.8 Å². The maximum atomic E-state index is 14.0. The number of fused-ring (bicyclic) bond motifs is 1. The summed E-state index contributed by atoms with van der Waals surface area (Å²) in [6.45, 7) is 12.1. The highest BCUT2D eigenvalue weighted by molar-refractivity contribution is 7.99. The van der Waals surface area contributed by atoms with Gasteiger partial charge >= 0.3 is 0 Å². The number of alkyl halides is 2. The van der Waals surface area contributed by atoms with E-state index < -0.39 is 18.6 Å². The second kappa shape index (κ2) is 12.6. The van der Waals surface area contributed by atoms with Crippen molar-refractivity contribution in [2.24, 2.45) is 5.92 Å². The zero-order chi connectivity index (χ0) is 28.2. The third-order valence-corrected chi connectivity index (χ3v) is 8.08. The van der Waals surface area contributed by atoms with Crippen LogP contribution in [0.5, 0.6) is 0 Å². The van der Waals surface area contributed by atoms with Gasteiger partial charge in [-0.3, -0.25) is 0 Å². The minimum atomic E-state index is -3.20. The van der Waals surface area contributed by atoms with E-state index in [-0.39, 0.29) is 24.8 Å². The molecule has 0 aliphatic carbocycles. The molecule has 2 saturated heterocycles. The predicted molar refractivity (Wildman–Crippen MR) is 157 cm³/mol. The van der Waals surface area contributed by atoms with Crippen molar-refractivity contribution in [3.8, 4) is 0 Å². The molecule has 2 aliphatic heterocycles. The molecule has 1 unspecified atom stereocenters. The number of pyridine rings is 2. The molecule has 212 valence electrons. The fourth-order valence-corrected chi connectivity index (χ4v) is 5.64. The molecule has 11 heteroatoms. The monoisotopic (exact) mass is 559 g/mol. The lowest BCUT2D eigenvalue weighted by Gasteiger charge is -2.40. The third-order valence-electron chi connectivity index (χ3n) is 6.96. The zero-order valence-corrected chi connectivity index (χ0v) is 24.2. The van der Waals surface area contributed by atoms with E-state index in [2.05, 4.69) is 45.9 Å². The van der Waals surface area contributed by atoms with E-state index in [1.165, 1.54) is 16.8 Å². The lowest BCUT2D eigenvalue weighted by molar-refractivity contribution is -0.113. The summed E-state index contributed by atoms with van der Waals surface area (Å²) in [6.07, 6.45) is 3.68. The van der Waals surface area contributed by atoms with Crippen molar-refractivity contribution in [3.05, 3.63) is 36.3 Å². The van der Waals surface area contributed by atoms with E-state index in [1.807, 2.05) is 44.1 Å². The molecule has 3 aromatic rings. The average Bonchev–Trinajstić information content (AvgIpc) is 2.90. The van der Waals surface area contributed by atoms with Crippen LogP contribution in [0.1, 0.15) is 52.5 Å². The highest BCUT2D eigenvalue weighted by Gasteiger charge is 2.44. The molecular formula is C28H39F2N7OS. The SMILES string of the molecule is CC.CCSCC1CN(c2ncc(C(C)C)c3cc(Nc4ccnc(N5CCC(O)C(F)(F)C5)n4)ncc23)C1. The first-order chi connectivity index (χ1) is 18.7. The number of hydrogen-bond acceptors (Lipinski definition) is 9. The van der Waals surface area contributed by atoms with Crippen LogP contribution in [-0.2, 0) is 0 Å². The van der Waals surface area contributed by atoms with Crippen molar-refractivity contribution in [2.45, 2.75) is 59.0 Å². The van der Waals surface area contributed by atoms with Crippen LogP contribution < -0.4 is 15.1 Å². The van der Waals surface area contributed by atoms with Crippen LogP contribution >= 0.6 is 11.8 Å². The number of piperidine rings is 1. The van der Waals surface area contributed by atoms with E-state index in [9.17, 15) is 13.9 Å². The summed E-state index contributed by atoms with van der Waals surface area (Å²) in [4.78, 5) is 21.8. The fourth-order valence-electron chi connectivity index (χ4n) is 4.86. The Morgan fingerprint density at radius 3 is 2.56 bits per heavy atom. The summed E-state index contributed by atoms with van der Waals surface area (Å²) in [5.74, 6) is 2.33. The van der Waals surface area contributed by atoms with Gasteiger partial charge in [0.15, 0.2) is 0 Å². The smallest absolute Gasteiger partial charge is 0.290 e. The minimum absolute atomic E-state index is 0.0379. The Balaban J connectivity index is 0.00000172. The predicted octanol–water partition coefficient (Wildman–Crippen LogP) is 5.71. The number of aliphatic hydroxyl groups is 1. The molecule has 3 aromatic heterocycles. The van der Waals surface area contributed by atoms with Crippen molar-refractivity contribution in [1.29, 1.82) is 0 Å². The highest BCUT2D eigenvalue weighted by atomic mass is 32.2. The highest BCUT2D eigenvalue weighted by Crippen LogP contribution is 2.36. The molecule has 1 atom stereocenters. The van der Waals surface area contributed by atoms with Crippen LogP contribution in [-0.4, -0.2) is 74.8 Å². The molecule has 2 aliphatic rings. The van der Waals surface area contributed by atoms with Crippen molar-refractivity contribution in [3.63, 3.8) is 0 Å². The first kappa shape index (κ1) is 29.2. The number of thioether (sulfide) groups is 1. The summed E-state index contributed by atoms with van der Waals surface area (Å²) in [5, 5.41) is 14.9. The number of rotatable bonds is 8. The normalized spacial score (nSPS) is 19.1. The molecule has 0 amide bonds. The van der Waals surface area contributed by atoms with E-state index in [0.29, 0.717) is 17.6 Å². The summed E-state index contributed by atoms with van der Waals surface area (Å²) < 4.78 is 28.1. The third kappa shape index (κ3) is 6.51. The number of anilines is 4. The Hall–Kier alpha value is -2.79. The Morgan fingerprint density at radius 1 is 1.10 bits per heavy atom. The molecule has 0 saturated carbocycles. The van der Waals surface area contributed by atoms with E-state index in [1.54, 1.807) is 6.07 Å². The lowest BCUT2D eigenvalue weighted by atomic mass is 9.97. The molecule has 0 aromatic carbocycles. The molecule has 0 radical (unpaired) electrons. The molecule has 5 rings (SSSR count). The van der Waals surface area contributed by atoms with Crippen LogP contribution in [0.2, 0.25) is 0 Å². The van der Waals surface area contributed by atoms with Crippen LogP contribution in [0.4, 0.5) is 32.2 Å². The van der Waals surface area contributed by atoms with Gasteiger partial charge in [0.05, 0.1) is 6.54 Å². The molecule has 5 heterocycles. The van der Waals surface area contributed by atoms with Gasteiger partial charge < -0.3 is 20.2 Å². The molecule has 2 N–H and O–H groups in total. The molecule has 0 bridgehead atoms. The largest absolute Gasteiger partial charge is 0.387 e. The second-order valence-corrected chi connectivity index (χ2v) is 11.4. The van der Waals surface area contributed by atoms with Gasteiger partial charge in [0.2, 0.25) is 5.95 Å². The molecular weight excluding hydrogens is 520 g/mol. The Labute approximate surface area is 233 Å². The van der Waals surface area contributed by atoms with Gasteiger partial charge in [-0.15, -0.1) is 0 Å². The van der Waals surface area contributed by atoms with Crippen molar-refractivity contribution >= 4 is 45.9 Å². The van der Waals surface area contributed by atoms with Gasteiger partial charge in [-0.2, -0.15) is 16.7 Å². The van der Waals surface area contributed by atoms with E-state index in [4.69, 9.17) is 4.98 Å². The van der Waals surface area contributed by atoms with Crippen molar-refractivity contribution in [1.82, 2.24) is 19.9 Å². The number of aliphatic hydroxyl groups excluding tert-OH is 1.